The normalized spacial score (nSPS) is 16.8. The van der Waals surface area contributed by atoms with Crippen molar-refractivity contribution in [3.63, 3.8) is 0 Å². The largest absolute Gasteiger partial charge is 0.493 e. The number of nitrogens with two attached hydrogens (primary N) is 1. The maximum Gasteiger partial charge on any atom is 0.338 e. The highest BCUT2D eigenvalue weighted by molar-refractivity contribution is 5.93. The molecule has 0 bridgehead atoms. The van der Waals surface area contributed by atoms with Crippen molar-refractivity contribution in [2.45, 2.75) is 19.8 Å². The van der Waals surface area contributed by atoms with Crippen LogP contribution < -0.4 is 15.2 Å². The lowest BCUT2D eigenvalue weighted by molar-refractivity contribution is -0.139. The van der Waals surface area contributed by atoms with Crippen LogP contribution in [-0.4, -0.2) is 26.8 Å². The molecule has 2 N–H and O–H groups in total. The highest BCUT2D eigenvalue weighted by Crippen LogP contribution is 2.45. The average Bonchev–Trinajstić information content (AvgIpc) is 2.60. The fourth-order valence-electron chi connectivity index (χ4n) is 2.81. The van der Waals surface area contributed by atoms with Gasteiger partial charge in [-0.2, -0.15) is 5.26 Å². The molecule has 0 aliphatic carbocycles. The van der Waals surface area contributed by atoms with Gasteiger partial charge in [-0.3, -0.25) is 0 Å². The Bertz CT molecular complexity index is 789. The number of nitriles is 1. The molecule has 0 saturated carbocycles. The first-order valence-electron chi connectivity index (χ1n) is 7.66. The van der Waals surface area contributed by atoms with Crippen molar-refractivity contribution in [2.24, 2.45) is 5.73 Å². The average molecular weight is 344 g/mol. The molecule has 0 spiro atoms. The van der Waals surface area contributed by atoms with Crippen LogP contribution in [0.25, 0.3) is 0 Å². The van der Waals surface area contributed by atoms with E-state index in [1.54, 1.807) is 32.0 Å². The summed E-state index contributed by atoms with van der Waals surface area (Å²) in [6, 6.07) is 7.24. The number of rotatable bonds is 5. The van der Waals surface area contributed by atoms with Gasteiger partial charge in [-0.25, -0.2) is 4.79 Å². The maximum absolute atomic E-state index is 12.5. The third kappa shape index (κ3) is 3.24. The van der Waals surface area contributed by atoms with Gasteiger partial charge in [-0.05, 0) is 19.9 Å². The van der Waals surface area contributed by atoms with Gasteiger partial charge in [0, 0.05) is 5.56 Å². The van der Waals surface area contributed by atoms with Gasteiger partial charge in [-0.15, -0.1) is 0 Å². The topological polar surface area (TPSA) is 104 Å². The van der Waals surface area contributed by atoms with Gasteiger partial charge in [0.1, 0.15) is 17.4 Å². The molecular formula is C18H20N2O5. The molecule has 132 valence electrons. The van der Waals surface area contributed by atoms with Gasteiger partial charge in [0.25, 0.3) is 0 Å². The number of allylic oxidation sites excluding steroid dienone is 2. The molecular weight excluding hydrogens is 324 g/mol. The number of hydrogen-bond acceptors (Lipinski definition) is 7. The summed E-state index contributed by atoms with van der Waals surface area (Å²) < 4.78 is 21.3. The zero-order valence-corrected chi connectivity index (χ0v) is 14.6. The Hall–Kier alpha value is -3.14. The molecule has 0 aromatic heterocycles. The number of hydrogen-bond donors (Lipinski definition) is 1. The fraction of sp³-hybridized carbons (Fsp3) is 0.333. The lowest BCUT2D eigenvalue weighted by Crippen LogP contribution is -2.26. The minimum Gasteiger partial charge on any atom is -0.493 e. The van der Waals surface area contributed by atoms with Crippen LogP contribution in [0.4, 0.5) is 0 Å². The second-order valence-electron chi connectivity index (χ2n) is 5.20. The van der Waals surface area contributed by atoms with E-state index in [4.69, 9.17) is 24.7 Å². The number of benzene rings is 1. The summed E-state index contributed by atoms with van der Waals surface area (Å²) in [5, 5.41) is 9.58. The van der Waals surface area contributed by atoms with Crippen LogP contribution in [-0.2, 0) is 14.3 Å². The second kappa shape index (κ2) is 7.62. The summed E-state index contributed by atoms with van der Waals surface area (Å²) >= 11 is 0. The van der Waals surface area contributed by atoms with Crippen molar-refractivity contribution < 1.29 is 23.7 Å². The SMILES string of the molecule is CCOC(=O)C1=C(C)OC(N)=C(C#N)C1c1cccc(OC)c1OC. The summed E-state index contributed by atoms with van der Waals surface area (Å²) in [7, 11) is 2.99. The number of methoxy groups -OCH3 is 2. The third-order valence-corrected chi connectivity index (χ3v) is 3.85. The predicted molar refractivity (Wildman–Crippen MR) is 89.5 cm³/mol. The van der Waals surface area contributed by atoms with Crippen LogP contribution in [0.2, 0.25) is 0 Å². The van der Waals surface area contributed by atoms with Crippen LogP contribution in [0.1, 0.15) is 25.3 Å². The summed E-state index contributed by atoms with van der Waals surface area (Å²) in [5.74, 6) is -0.235. The number of carbonyl (C=O) groups is 1. The zero-order chi connectivity index (χ0) is 18.6. The first kappa shape index (κ1) is 18.2. The number of para-hydroxylation sites is 1. The first-order valence-corrected chi connectivity index (χ1v) is 7.66. The first-order chi connectivity index (χ1) is 12.0. The molecule has 1 aromatic rings. The van der Waals surface area contributed by atoms with Gasteiger partial charge >= 0.3 is 5.97 Å². The molecule has 0 radical (unpaired) electrons. The molecule has 25 heavy (non-hydrogen) atoms. The summed E-state index contributed by atoms with van der Waals surface area (Å²) in [4.78, 5) is 12.5. The number of carbonyl (C=O) groups excluding carboxylic acids is 1. The highest BCUT2D eigenvalue weighted by atomic mass is 16.5. The molecule has 7 nitrogen and oxygen atoms in total. The van der Waals surface area contributed by atoms with E-state index in [1.165, 1.54) is 14.2 Å². The standard InChI is InChI=1S/C18H20N2O5/c1-5-24-18(21)14-10(2)25-17(20)12(9-19)15(14)11-7-6-8-13(22-3)16(11)23-4/h6-8,15H,5,20H2,1-4H3. The van der Waals surface area contributed by atoms with Gasteiger partial charge in [-0.1, -0.05) is 12.1 Å². The predicted octanol–water partition coefficient (Wildman–Crippen LogP) is 2.35. The molecule has 2 rings (SSSR count). The Morgan fingerprint density at radius 3 is 2.64 bits per heavy atom. The van der Waals surface area contributed by atoms with Crippen LogP contribution in [0.5, 0.6) is 11.5 Å². The number of ether oxygens (including phenoxy) is 4. The van der Waals surface area contributed by atoms with Crippen molar-refractivity contribution in [2.75, 3.05) is 20.8 Å². The number of esters is 1. The Morgan fingerprint density at radius 1 is 1.36 bits per heavy atom. The van der Waals surface area contributed by atoms with E-state index in [1.807, 2.05) is 6.07 Å². The van der Waals surface area contributed by atoms with Crippen LogP contribution in [0.15, 0.2) is 41.0 Å². The minimum atomic E-state index is -0.775. The monoisotopic (exact) mass is 344 g/mol. The van der Waals surface area contributed by atoms with Crippen molar-refractivity contribution in [3.8, 4) is 17.6 Å². The van der Waals surface area contributed by atoms with Crippen molar-refractivity contribution in [1.82, 2.24) is 0 Å². The van der Waals surface area contributed by atoms with E-state index in [0.29, 0.717) is 17.1 Å². The fourth-order valence-corrected chi connectivity index (χ4v) is 2.81. The lowest BCUT2D eigenvalue weighted by atomic mass is 9.82. The molecule has 1 aliphatic rings. The molecule has 1 aliphatic heterocycles. The van der Waals surface area contributed by atoms with E-state index < -0.39 is 11.9 Å². The summed E-state index contributed by atoms with van der Waals surface area (Å²) in [6.45, 7) is 3.50. The van der Waals surface area contributed by atoms with Crippen LogP contribution >= 0.6 is 0 Å². The number of nitrogens with zero attached hydrogens (tertiary/aromatic N) is 1. The molecule has 1 atom stereocenters. The van der Waals surface area contributed by atoms with Crippen LogP contribution in [0.3, 0.4) is 0 Å². The maximum atomic E-state index is 12.5. The van der Waals surface area contributed by atoms with Gasteiger partial charge in [0.2, 0.25) is 5.88 Å². The zero-order valence-electron chi connectivity index (χ0n) is 14.6. The Labute approximate surface area is 146 Å². The minimum absolute atomic E-state index is 0.0529. The van der Waals surface area contributed by atoms with E-state index in [0.717, 1.165) is 0 Å². The van der Waals surface area contributed by atoms with Gasteiger partial charge < -0.3 is 24.7 Å². The molecule has 1 aromatic carbocycles. The molecule has 0 amide bonds. The Morgan fingerprint density at radius 2 is 2.08 bits per heavy atom. The van der Waals surface area contributed by atoms with Crippen molar-refractivity contribution in [3.05, 3.63) is 46.6 Å². The summed E-state index contributed by atoms with van der Waals surface area (Å²) in [6.07, 6.45) is 0. The second-order valence-corrected chi connectivity index (χ2v) is 5.20. The molecule has 1 unspecified atom stereocenters. The summed E-state index contributed by atoms with van der Waals surface area (Å²) in [5.41, 5.74) is 6.76. The highest BCUT2D eigenvalue weighted by Gasteiger charge is 2.38. The van der Waals surface area contributed by atoms with Crippen molar-refractivity contribution >= 4 is 5.97 Å². The van der Waals surface area contributed by atoms with E-state index in [9.17, 15) is 10.1 Å². The molecule has 1 heterocycles. The molecule has 0 fully saturated rings. The van der Waals surface area contributed by atoms with E-state index >= 15 is 0 Å². The van der Waals surface area contributed by atoms with E-state index in [-0.39, 0.29) is 29.4 Å². The smallest absolute Gasteiger partial charge is 0.338 e. The lowest BCUT2D eigenvalue weighted by Gasteiger charge is -2.28. The van der Waals surface area contributed by atoms with E-state index in [2.05, 4.69) is 0 Å². The van der Waals surface area contributed by atoms with Crippen LogP contribution in [0, 0.1) is 11.3 Å². The Balaban J connectivity index is 2.74. The molecule has 7 heteroatoms. The quantitative estimate of drug-likeness (QED) is 0.818. The molecule has 0 saturated heterocycles. The third-order valence-electron chi connectivity index (χ3n) is 3.85. The van der Waals surface area contributed by atoms with Crippen molar-refractivity contribution in [1.29, 1.82) is 5.26 Å². The van der Waals surface area contributed by atoms with Gasteiger partial charge in [0.05, 0.1) is 32.3 Å². The Kier molecular flexibility index (Phi) is 5.55. The van der Waals surface area contributed by atoms with Gasteiger partial charge in [0.15, 0.2) is 11.5 Å².